The molecule has 0 aromatic carbocycles. The Morgan fingerprint density at radius 3 is 2.35 bits per heavy atom. The van der Waals surface area contributed by atoms with Crippen molar-refractivity contribution in [2.24, 2.45) is 0 Å². The third-order valence-electron chi connectivity index (χ3n) is 4.05. The zero-order chi connectivity index (χ0) is 15.1. The summed E-state index contributed by atoms with van der Waals surface area (Å²) in [6.45, 7) is 11.7. The van der Waals surface area contributed by atoms with E-state index in [1.54, 1.807) is 6.20 Å². The fourth-order valence-electron chi connectivity index (χ4n) is 2.06. The molecule has 0 unspecified atom stereocenters. The largest absolute Gasteiger partial charge is 0.525 e. The summed E-state index contributed by atoms with van der Waals surface area (Å²) in [4.78, 5) is 0. The van der Waals surface area contributed by atoms with Crippen LogP contribution in [0.25, 0.3) is 6.08 Å². The maximum atomic E-state index is 14.4. The number of aromatic amines is 1. The van der Waals surface area contributed by atoms with Gasteiger partial charge < -0.3 is 9.31 Å². The molecule has 20 heavy (non-hydrogen) atoms. The molecule has 1 aliphatic heterocycles. The van der Waals surface area contributed by atoms with E-state index in [9.17, 15) is 4.39 Å². The molecule has 4 nitrogen and oxygen atoms in total. The Labute approximate surface area is 119 Å². The van der Waals surface area contributed by atoms with Gasteiger partial charge in [0, 0.05) is 11.3 Å². The van der Waals surface area contributed by atoms with Crippen LogP contribution in [-0.4, -0.2) is 28.5 Å². The maximum Gasteiger partial charge on any atom is 0.525 e. The van der Waals surface area contributed by atoms with E-state index in [0.717, 1.165) is 11.3 Å². The van der Waals surface area contributed by atoms with Crippen molar-refractivity contribution >= 4 is 13.2 Å². The van der Waals surface area contributed by atoms with Gasteiger partial charge >= 0.3 is 7.12 Å². The third-order valence-corrected chi connectivity index (χ3v) is 4.05. The first-order chi connectivity index (χ1) is 9.14. The Balaban J connectivity index is 2.22. The molecule has 1 saturated heterocycles. The molecule has 0 atom stereocenters. The number of aromatic nitrogens is 2. The van der Waals surface area contributed by atoms with Crippen molar-refractivity contribution in [3.05, 3.63) is 23.2 Å². The summed E-state index contributed by atoms with van der Waals surface area (Å²) in [5, 5.41) is 6.85. The number of halogens is 1. The van der Waals surface area contributed by atoms with Gasteiger partial charge in [0.1, 0.15) is 5.73 Å². The number of hydrogen-bond acceptors (Lipinski definition) is 3. The average molecular weight is 280 g/mol. The van der Waals surface area contributed by atoms with Crippen molar-refractivity contribution in [1.82, 2.24) is 10.2 Å². The quantitative estimate of drug-likeness (QED) is 0.862. The normalized spacial score (nSPS) is 21.8. The van der Waals surface area contributed by atoms with Gasteiger partial charge in [-0.3, -0.25) is 5.10 Å². The van der Waals surface area contributed by atoms with Crippen LogP contribution in [0.2, 0.25) is 0 Å². The molecular weight excluding hydrogens is 258 g/mol. The molecule has 0 saturated carbocycles. The van der Waals surface area contributed by atoms with Gasteiger partial charge in [-0.05, 0) is 39.7 Å². The minimum atomic E-state index is -0.963. The Bertz CT molecular complexity index is 507. The molecule has 1 aliphatic rings. The Hall–Kier alpha value is -1.14. The van der Waals surface area contributed by atoms with Crippen LogP contribution >= 0.6 is 0 Å². The van der Waals surface area contributed by atoms with Crippen molar-refractivity contribution in [2.75, 3.05) is 0 Å². The molecule has 1 aromatic heterocycles. The Morgan fingerprint density at radius 2 is 1.85 bits per heavy atom. The maximum absolute atomic E-state index is 14.4. The summed E-state index contributed by atoms with van der Waals surface area (Å²) >= 11 is 0. The van der Waals surface area contributed by atoms with Gasteiger partial charge in [-0.25, -0.2) is 4.39 Å². The molecule has 2 rings (SSSR count). The van der Waals surface area contributed by atoms with E-state index in [4.69, 9.17) is 9.31 Å². The van der Waals surface area contributed by atoms with Crippen molar-refractivity contribution in [3.8, 4) is 0 Å². The first-order valence-electron chi connectivity index (χ1n) is 6.90. The van der Waals surface area contributed by atoms with Gasteiger partial charge in [-0.15, -0.1) is 0 Å². The number of H-pyrrole nitrogens is 1. The SMILES string of the molecule is CC(C)c1[nH]ncc1C=C(F)B1OC(C)(C)C(C)(C)O1. The summed E-state index contributed by atoms with van der Waals surface area (Å²) < 4.78 is 25.7. The molecule has 6 heteroatoms. The highest BCUT2D eigenvalue weighted by Crippen LogP contribution is 2.39. The lowest BCUT2D eigenvalue weighted by Crippen LogP contribution is -2.41. The zero-order valence-electron chi connectivity index (χ0n) is 13.0. The van der Waals surface area contributed by atoms with Crippen LogP contribution in [0.5, 0.6) is 0 Å². The van der Waals surface area contributed by atoms with Crippen molar-refractivity contribution < 1.29 is 13.7 Å². The van der Waals surface area contributed by atoms with E-state index < -0.39 is 24.0 Å². The molecular formula is C14H22BFN2O2. The summed E-state index contributed by atoms with van der Waals surface area (Å²) in [7, 11) is -0.963. The monoisotopic (exact) mass is 280 g/mol. The van der Waals surface area contributed by atoms with Gasteiger partial charge in [0.2, 0.25) is 0 Å². The van der Waals surface area contributed by atoms with Gasteiger partial charge in [-0.2, -0.15) is 5.10 Å². The lowest BCUT2D eigenvalue weighted by Gasteiger charge is -2.32. The fraction of sp³-hybridized carbons (Fsp3) is 0.643. The van der Waals surface area contributed by atoms with Gasteiger partial charge in [-0.1, -0.05) is 13.8 Å². The fourth-order valence-corrected chi connectivity index (χ4v) is 2.06. The second kappa shape index (κ2) is 5.00. The summed E-state index contributed by atoms with van der Waals surface area (Å²) in [6, 6.07) is 0. The second-order valence-corrected chi connectivity index (χ2v) is 6.51. The van der Waals surface area contributed by atoms with Crippen molar-refractivity contribution in [1.29, 1.82) is 0 Å². The number of nitrogens with zero attached hydrogens (tertiary/aromatic N) is 1. The Kier molecular flexibility index (Phi) is 3.82. The van der Waals surface area contributed by atoms with E-state index in [-0.39, 0.29) is 5.92 Å². The second-order valence-electron chi connectivity index (χ2n) is 6.51. The summed E-state index contributed by atoms with van der Waals surface area (Å²) in [5.41, 5.74) is 0.107. The van der Waals surface area contributed by atoms with Gasteiger partial charge in [0.25, 0.3) is 0 Å². The van der Waals surface area contributed by atoms with Crippen molar-refractivity contribution in [3.63, 3.8) is 0 Å². The highest BCUT2D eigenvalue weighted by atomic mass is 19.1. The van der Waals surface area contributed by atoms with Crippen LogP contribution in [-0.2, 0) is 9.31 Å². The van der Waals surface area contributed by atoms with E-state index in [1.807, 2.05) is 41.5 Å². The molecule has 2 heterocycles. The predicted molar refractivity (Wildman–Crippen MR) is 77.8 cm³/mol. The van der Waals surface area contributed by atoms with E-state index >= 15 is 0 Å². The minimum absolute atomic E-state index is 0.245. The molecule has 0 radical (unpaired) electrons. The van der Waals surface area contributed by atoms with Crippen LogP contribution in [0.15, 0.2) is 11.9 Å². The topological polar surface area (TPSA) is 47.1 Å². The van der Waals surface area contributed by atoms with Crippen molar-refractivity contribution in [2.45, 2.75) is 58.7 Å². The zero-order valence-corrected chi connectivity index (χ0v) is 13.0. The molecule has 0 bridgehead atoms. The standard InChI is InChI=1S/C14H22BFN2O2/c1-9(2)12-10(8-17-18-12)7-11(16)15-19-13(3,4)14(5,6)20-15/h7-9H,1-6H3,(H,17,18). The lowest BCUT2D eigenvalue weighted by atomic mass is 9.86. The molecule has 0 aliphatic carbocycles. The van der Waals surface area contributed by atoms with E-state index in [1.165, 1.54) is 6.08 Å². The summed E-state index contributed by atoms with van der Waals surface area (Å²) in [5.74, 6) is 0.245. The highest BCUT2D eigenvalue weighted by Gasteiger charge is 2.53. The van der Waals surface area contributed by atoms with Crippen LogP contribution in [0.3, 0.4) is 0 Å². The number of hydrogen-bond donors (Lipinski definition) is 1. The number of rotatable bonds is 3. The van der Waals surface area contributed by atoms with Crippen LogP contribution in [0.4, 0.5) is 4.39 Å². The third kappa shape index (κ3) is 2.67. The van der Waals surface area contributed by atoms with Gasteiger partial charge in [0.05, 0.1) is 17.4 Å². The van der Waals surface area contributed by atoms with Crippen LogP contribution < -0.4 is 0 Å². The average Bonchev–Trinajstić information content (AvgIpc) is 2.82. The van der Waals surface area contributed by atoms with E-state index in [0.29, 0.717) is 0 Å². The Morgan fingerprint density at radius 1 is 1.30 bits per heavy atom. The lowest BCUT2D eigenvalue weighted by molar-refractivity contribution is 0.00578. The summed E-state index contributed by atoms with van der Waals surface area (Å²) in [6.07, 6.45) is 3.04. The van der Waals surface area contributed by atoms with Gasteiger partial charge in [0.15, 0.2) is 0 Å². The first-order valence-corrected chi connectivity index (χ1v) is 6.90. The first kappa shape index (κ1) is 15.3. The smallest absolute Gasteiger partial charge is 0.398 e. The molecule has 110 valence electrons. The number of nitrogens with one attached hydrogen (secondary N) is 1. The van der Waals surface area contributed by atoms with E-state index in [2.05, 4.69) is 10.2 Å². The van der Waals surface area contributed by atoms with Crippen LogP contribution in [0, 0.1) is 0 Å². The molecule has 1 N–H and O–H groups in total. The molecule has 1 fully saturated rings. The highest BCUT2D eigenvalue weighted by molar-refractivity contribution is 6.54. The predicted octanol–water partition coefficient (Wildman–Crippen LogP) is 3.47. The molecule has 1 aromatic rings. The molecule has 0 spiro atoms. The molecule has 0 amide bonds. The minimum Gasteiger partial charge on any atom is -0.398 e. The van der Waals surface area contributed by atoms with Crippen LogP contribution in [0.1, 0.15) is 58.7 Å².